The first-order valence-electron chi connectivity index (χ1n) is 13.6. The summed E-state index contributed by atoms with van der Waals surface area (Å²) in [5, 5.41) is 14.0. The van der Waals surface area contributed by atoms with Gasteiger partial charge >= 0.3 is 0 Å². The van der Waals surface area contributed by atoms with Crippen LogP contribution in [0.1, 0.15) is 52.0 Å². The van der Waals surface area contributed by atoms with Crippen LogP contribution in [0.2, 0.25) is 0 Å². The summed E-state index contributed by atoms with van der Waals surface area (Å²) < 4.78 is 13.5. The Kier molecular flexibility index (Phi) is 9.66. The molecule has 0 spiro atoms. The number of nitrogens with zero attached hydrogens (tertiary/aromatic N) is 6. The number of methoxy groups -OCH3 is 1. The third-order valence-electron chi connectivity index (χ3n) is 6.37. The molecule has 2 aromatic heterocycles. The molecule has 0 fully saturated rings. The van der Waals surface area contributed by atoms with E-state index >= 15 is 0 Å². The van der Waals surface area contributed by atoms with Crippen molar-refractivity contribution in [3.8, 4) is 11.5 Å². The van der Waals surface area contributed by atoms with E-state index in [1.54, 1.807) is 25.5 Å². The van der Waals surface area contributed by atoms with Crippen LogP contribution in [-0.2, 0) is 11.3 Å². The van der Waals surface area contributed by atoms with Gasteiger partial charge in [0, 0.05) is 25.0 Å². The second-order valence-corrected chi connectivity index (χ2v) is 9.28. The summed E-state index contributed by atoms with van der Waals surface area (Å²) in [6, 6.07) is 13.6. The Morgan fingerprint density at radius 2 is 1.85 bits per heavy atom. The average molecular weight is 532 g/mol. The molecule has 0 atom stereocenters. The van der Waals surface area contributed by atoms with Crippen LogP contribution < -0.4 is 14.9 Å². The molecule has 39 heavy (non-hydrogen) atoms. The minimum Gasteiger partial charge on any atom is -0.493 e. The van der Waals surface area contributed by atoms with Gasteiger partial charge in [-0.2, -0.15) is 10.1 Å². The van der Waals surface area contributed by atoms with Gasteiger partial charge in [-0.15, -0.1) is 10.2 Å². The Hall–Kier alpha value is -4.21. The van der Waals surface area contributed by atoms with E-state index in [0.717, 1.165) is 72.9 Å². The lowest BCUT2D eigenvalue weighted by Gasteiger charge is -2.21. The predicted octanol–water partition coefficient (Wildman–Crippen LogP) is 5.26. The summed E-state index contributed by atoms with van der Waals surface area (Å²) in [6.07, 6.45) is 5.59. The first-order chi connectivity index (χ1) is 19.1. The summed E-state index contributed by atoms with van der Waals surface area (Å²) in [6.45, 7) is 8.56. The number of fused-ring (bicyclic) bond motifs is 3. The molecule has 0 unspecified atom stereocenters. The quantitative estimate of drug-likeness (QED) is 0.175. The summed E-state index contributed by atoms with van der Waals surface area (Å²) in [5.41, 5.74) is 6.33. The first-order valence-corrected chi connectivity index (χ1v) is 13.6. The van der Waals surface area contributed by atoms with E-state index in [1.807, 2.05) is 29.2 Å². The van der Waals surface area contributed by atoms with Crippen molar-refractivity contribution in [3.63, 3.8) is 0 Å². The molecular weight excluding hydrogens is 494 g/mol. The number of ether oxygens (including phenoxy) is 2. The van der Waals surface area contributed by atoms with Crippen LogP contribution in [-0.4, -0.2) is 63.6 Å². The topological polar surface area (TPSA) is 107 Å². The average Bonchev–Trinajstić information content (AvgIpc) is 3.27. The van der Waals surface area contributed by atoms with Crippen molar-refractivity contribution < 1.29 is 14.3 Å². The number of anilines is 1. The van der Waals surface area contributed by atoms with Gasteiger partial charge in [-0.25, -0.2) is 5.43 Å². The van der Waals surface area contributed by atoms with Crippen LogP contribution in [0.15, 0.2) is 47.6 Å². The number of hydrogen-bond donors (Lipinski definition) is 1. The number of carbonyl (C=O) groups excluding carboxylic acids is 1. The zero-order valence-electron chi connectivity index (χ0n) is 23.2. The van der Waals surface area contributed by atoms with E-state index in [1.165, 1.54) is 0 Å². The lowest BCUT2D eigenvalue weighted by Crippen LogP contribution is -2.36. The molecule has 0 radical (unpaired) electrons. The van der Waals surface area contributed by atoms with Gasteiger partial charge in [0.05, 0.1) is 18.8 Å². The Morgan fingerprint density at radius 3 is 2.59 bits per heavy atom. The fourth-order valence-corrected chi connectivity index (χ4v) is 4.47. The number of aromatic nitrogens is 4. The van der Waals surface area contributed by atoms with E-state index in [9.17, 15) is 4.79 Å². The van der Waals surface area contributed by atoms with Gasteiger partial charge in [0.25, 0.3) is 11.9 Å². The molecule has 0 saturated carbocycles. The number of nitrogens with one attached hydrogen (secondary N) is 1. The number of rotatable bonds is 14. The highest BCUT2D eigenvalue weighted by Crippen LogP contribution is 2.28. The van der Waals surface area contributed by atoms with E-state index in [2.05, 4.69) is 52.1 Å². The zero-order chi connectivity index (χ0) is 27.6. The second kappa shape index (κ2) is 13.5. The summed E-state index contributed by atoms with van der Waals surface area (Å²) >= 11 is 0. The fraction of sp³-hybridized carbons (Fsp3) is 0.414. The van der Waals surface area contributed by atoms with Crippen molar-refractivity contribution in [2.24, 2.45) is 5.10 Å². The summed E-state index contributed by atoms with van der Waals surface area (Å²) in [7, 11) is 1.57. The predicted molar refractivity (Wildman–Crippen MR) is 155 cm³/mol. The monoisotopic (exact) mass is 531 g/mol. The molecule has 1 N–H and O–H groups in total. The molecule has 10 nitrogen and oxygen atoms in total. The van der Waals surface area contributed by atoms with Crippen LogP contribution >= 0.6 is 0 Å². The first kappa shape index (κ1) is 27.8. The standard InChI is InChI=1S/C29H37N7O3/c1-5-8-17-36-23-12-10-9-11-22(23)27-28(36)31-29(34-32-27)33-30-19-21-13-14-24(25(18-21)38-4)39-20-26(37)35(15-6-2)16-7-3/h9-14,18-19H,5-8,15-17,20H2,1-4H3,(H,31,33,34)/b30-19+. The van der Waals surface area contributed by atoms with Crippen molar-refractivity contribution in [2.75, 3.05) is 32.2 Å². The number of amides is 1. The van der Waals surface area contributed by atoms with Gasteiger partial charge in [0.15, 0.2) is 23.8 Å². The Labute approximate surface area is 229 Å². The second-order valence-electron chi connectivity index (χ2n) is 9.28. The van der Waals surface area contributed by atoms with Crippen LogP contribution in [0.3, 0.4) is 0 Å². The minimum atomic E-state index is -0.0346. The minimum absolute atomic E-state index is 0.0325. The van der Waals surface area contributed by atoms with Gasteiger partial charge < -0.3 is 18.9 Å². The molecule has 2 aromatic carbocycles. The van der Waals surface area contributed by atoms with E-state index < -0.39 is 0 Å². The van der Waals surface area contributed by atoms with Gasteiger partial charge in [0.2, 0.25) is 0 Å². The summed E-state index contributed by atoms with van der Waals surface area (Å²) in [5.74, 6) is 1.30. The number of hydrazone groups is 1. The maximum Gasteiger partial charge on any atom is 0.265 e. The van der Waals surface area contributed by atoms with Crippen LogP contribution in [0.5, 0.6) is 11.5 Å². The Morgan fingerprint density at radius 1 is 1.05 bits per heavy atom. The van der Waals surface area contributed by atoms with Gasteiger partial charge in [-0.1, -0.05) is 45.4 Å². The number of hydrogen-bond acceptors (Lipinski definition) is 8. The molecule has 4 aromatic rings. The maximum absolute atomic E-state index is 12.6. The Bertz CT molecular complexity index is 1430. The highest BCUT2D eigenvalue weighted by atomic mass is 16.5. The highest BCUT2D eigenvalue weighted by Gasteiger charge is 2.15. The fourth-order valence-electron chi connectivity index (χ4n) is 4.47. The van der Waals surface area contributed by atoms with Crippen molar-refractivity contribution in [1.29, 1.82) is 0 Å². The van der Waals surface area contributed by atoms with Crippen LogP contribution in [0, 0.1) is 0 Å². The molecular formula is C29H37N7O3. The maximum atomic E-state index is 12.6. The molecule has 2 heterocycles. The number of carbonyl (C=O) groups is 1. The Balaban J connectivity index is 1.45. The van der Waals surface area contributed by atoms with E-state index in [0.29, 0.717) is 17.4 Å². The van der Waals surface area contributed by atoms with Gasteiger partial charge in [0.1, 0.15) is 5.52 Å². The van der Waals surface area contributed by atoms with Crippen molar-refractivity contribution in [1.82, 2.24) is 24.6 Å². The van der Waals surface area contributed by atoms with Crippen molar-refractivity contribution in [2.45, 2.75) is 53.0 Å². The lowest BCUT2D eigenvalue weighted by molar-refractivity contribution is -0.133. The normalized spacial score (nSPS) is 11.4. The van der Waals surface area contributed by atoms with Crippen molar-refractivity contribution >= 4 is 40.1 Å². The lowest BCUT2D eigenvalue weighted by atomic mass is 10.2. The molecule has 0 aliphatic heterocycles. The number of benzene rings is 2. The van der Waals surface area contributed by atoms with E-state index in [-0.39, 0.29) is 12.5 Å². The molecule has 0 bridgehead atoms. The van der Waals surface area contributed by atoms with E-state index in [4.69, 9.17) is 14.5 Å². The SMILES string of the molecule is CCCCn1c2ccccc2c2nnc(N/N=C/c3ccc(OCC(=O)N(CCC)CCC)c(OC)c3)nc21. The molecule has 206 valence electrons. The third kappa shape index (κ3) is 6.63. The van der Waals surface area contributed by atoms with Gasteiger partial charge in [-0.05, 0) is 49.1 Å². The molecule has 1 amide bonds. The van der Waals surface area contributed by atoms with Crippen LogP contribution in [0.25, 0.3) is 22.1 Å². The molecule has 0 saturated heterocycles. The number of para-hydroxylation sites is 1. The molecule has 10 heteroatoms. The number of aryl methyl sites for hydroxylation is 1. The van der Waals surface area contributed by atoms with Crippen molar-refractivity contribution in [3.05, 3.63) is 48.0 Å². The molecule has 4 rings (SSSR count). The summed E-state index contributed by atoms with van der Waals surface area (Å²) in [4.78, 5) is 19.1. The number of unbranched alkanes of at least 4 members (excludes halogenated alkanes) is 1. The third-order valence-corrected chi connectivity index (χ3v) is 6.37. The highest BCUT2D eigenvalue weighted by molar-refractivity contribution is 6.04. The molecule has 0 aliphatic carbocycles. The largest absolute Gasteiger partial charge is 0.493 e. The smallest absolute Gasteiger partial charge is 0.265 e. The molecule has 0 aliphatic rings. The zero-order valence-corrected chi connectivity index (χ0v) is 23.2. The van der Waals surface area contributed by atoms with Crippen LogP contribution in [0.4, 0.5) is 5.95 Å². The van der Waals surface area contributed by atoms with Gasteiger partial charge in [-0.3, -0.25) is 4.79 Å².